The van der Waals surface area contributed by atoms with Gasteiger partial charge in [0.15, 0.2) is 5.82 Å². The van der Waals surface area contributed by atoms with Gasteiger partial charge < -0.3 is 9.64 Å². The fourth-order valence-corrected chi connectivity index (χ4v) is 4.46. The summed E-state index contributed by atoms with van der Waals surface area (Å²) in [5.41, 5.74) is 0. The fourth-order valence-electron chi connectivity index (χ4n) is 4.46. The van der Waals surface area contributed by atoms with E-state index in [-0.39, 0.29) is 0 Å². The third kappa shape index (κ3) is 3.30. The first-order valence-electron chi connectivity index (χ1n) is 9.21. The molecule has 3 fully saturated rings. The molecule has 3 heterocycles. The second-order valence-corrected chi connectivity index (χ2v) is 7.46. The second-order valence-electron chi connectivity index (χ2n) is 7.46. The van der Waals surface area contributed by atoms with Crippen LogP contribution in [-0.4, -0.2) is 53.7 Å². The second kappa shape index (κ2) is 6.63. The van der Waals surface area contributed by atoms with E-state index >= 15 is 0 Å². The predicted octanol–water partition coefficient (Wildman–Crippen LogP) is 2.72. The lowest BCUT2D eigenvalue weighted by Crippen LogP contribution is -2.37. The molecule has 126 valence electrons. The topological polar surface area (TPSA) is 41.5 Å². The van der Waals surface area contributed by atoms with Crippen molar-refractivity contribution in [2.24, 2.45) is 5.92 Å². The van der Waals surface area contributed by atoms with Gasteiger partial charge >= 0.3 is 0 Å². The van der Waals surface area contributed by atoms with Crippen LogP contribution < -0.4 is 9.64 Å². The molecule has 0 aromatic carbocycles. The van der Waals surface area contributed by atoms with Gasteiger partial charge in [0, 0.05) is 25.2 Å². The lowest BCUT2D eigenvalue weighted by Gasteiger charge is -2.26. The predicted molar refractivity (Wildman–Crippen MR) is 90.9 cm³/mol. The van der Waals surface area contributed by atoms with E-state index in [4.69, 9.17) is 9.72 Å². The Morgan fingerprint density at radius 1 is 1.09 bits per heavy atom. The summed E-state index contributed by atoms with van der Waals surface area (Å²) in [5, 5.41) is 0. The van der Waals surface area contributed by atoms with Crippen molar-refractivity contribution in [2.75, 3.05) is 31.6 Å². The van der Waals surface area contributed by atoms with Crippen molar-refractivity contribution in [3.63, 3.8) is 0 Å². The average Bonchev–Trinajstić information content (AvgIpc) is 3.14. The van der Waals surface area contributed by atoms with E-state index < -0.39 is 0 Å². The minimum atomic E-state index is 0.660. The molecular formula is C18H28N4O. The Bertz CT molecular complexity index is 532. The molecule has 0 N–H and O–H groups in total. The zero-order valence-corrected chi connectivity index (χ0v) is 14.2. The van der Waals surface area contributed by atoms with Crippen LogP contribution in [0.5, 0.6) is 5.88 Å². The highest BCUT2D eigenvalue weighted by Crippen LogP contribution is 2.30. The van der Waals surface area contributed by atoms with Gasteiger partial charge in [-0.1, -0.05) is 12.8 Å². The Balaban J connectivity index is 1.41. The maximum Gasteiger partial charge on any atom is 0.234 e. The van der Waals surface area contributed by atoms with Gasteiger partial charge in [-0.05, 0) is 45.1 Å². The van der Waals surface area contributed by atoms with E-state index in [0.717, 1.165) is 31.6 Å². The lowest BCUT2D eigenvalue weighted by molar-refractivity contribution is 0.242. The Hall–Kier alpha value is -1.36. The van der Waals surface area contributed by atoms with Crippen molar-refractivity contribution in [3.8, 4) is 5.88 Å². The van der Waals surface area contributed by atoms with Gasteiger partial charge in [-0.3, -0.25) is 9.88 Å². The number of nitrogens with zero attached hydrogens (tertiary/aromatic N) is 4. The van der Waals surface area contributed by atoms with Crippen LogP contribution >= 0.6 is 0 Å². The summed E-state index contributed by atoms with van der Waals surface area (Å²) in [5.74, 6) is 2.38. The SMILES string of the molecule is CN1C2CCC1CN(c1cncc(OCC3CCCC3)n1)CC2. The van der Waals surface area contributed by atoms with Crippen LogP contribution in [0.2, 0.25) is 0 Å². The number of likely N-dealkylation sites (N-methyl/N-ethyl adjacent to an activating group) is 1. The first-order valence-corrected chi connectivity index (χ1v) is 9.21. The summed E-state index contributed by atoms with van der Waals surface area (Å²) < 4.78 is 5.93. The van der Waals surface area contributed by atoms with Crippen molar-refractivity contribution in [2.45, 2.75) is 57.0 Å². The molecule has 2 aliphatic heterocycles. The molecule has 1 aliphatic carbocycles. The van der Waals surface area contributed by atoms with Crippen LogP contribution in [0.4, 0.5) is 5.82 Å². The van der Waals surface area contributed by atoms with E-state index in [1.54, 1.807) is 6.20 Å². The van der Waals surface area contributed by atoms with Gasteiger partial charge in [-0.15, -0.1) is 0 Å². The molecule has 1 saturated carbocycles. The van der Waals surface area contributed by atoms with Crippen molar-refractivity contribution >= 4 is 5.82 Å². The molecule has 2 atom stereocenters. The summed E-state index contributed by atoms with van der Waals surface area (Å²) in [6.45, 7) is 2.94. The van der Waals surface area contributed by atoms with Crippen LogP contribution in [0.1, 0.15) is 44.9 Å². The van der Waals surface area contributed by atoms with Crippen LogP contribution in [0.25, 0.3) is 0 Å². The summed E-state index contributed by atoms with van der Waals surface area (Å²) in [6, 6.07) is 1.41. The van der Waals surface area contributed by atoms with Crippen LogP contribution in [0.3, 0.4) is 0 Å². The van der Waals surface area contributed by atoms with Crippen molar-refractivity contribution in [1.82, 2.24) is 14.9 Å². The number of fused-ring (bicyclic) bond motifs is 2. The van der Waals surface area contributed by atoms with Crippen molar-refractivity contribution < 1.29 is 4.74 Å². The molecule has 2 bridgehead atoms. The number of ether oxygens (including phenoxy) is 1. The maximum atomic E-state index is 5.93. The zero-order chi connectivity index (χ0) is 15.6. The fraction of sp³-hybridized carbons (Fsp3) is 0.778. The third-order valence-electron chi connectivity index (χ3n) is 6.01. The summed E-state index contributed by atoms with van der Waals surface area (Å²) in [7, 11) is 2.28. The molecule has 5 nitrogen and oxygen atoms in total. The third-order valence-corrected chi connectivity index (χ3v) is 6.01. The normalized spacial score (nSPS) is 29.0. The van der Waals surface area contributed by atoms with Crippen LogP contribution in [-0.2, 0) is 0 Å². The van der Waals surface area contributed by atoms with E-state index in [9.17, 15) is 0 Å². The Morgan fingerprint density at radius 3 is 2.78 bits per heavy atom. The molecule has 1 aromatic rings. The largest absolute Gasteiger partial charge is 0.476 e. The molecule has 0 spiro atoms. The number of hydrogen-bond acceptors (Lipinski definition) is 5. The van der Waals surface area contributed by atoms with Gasteiger partial charge in [-0.2, -0.15) is 4.98 Å². The Morgan fingerprint density at radius 2 is 1.91 bits per heavy atom. The van der Waals surface area contributed by atoms with E-state index in [0.29, 0.717) is 17.8 Å². The first-order chi connectivity index (χ1) is 11.3. The van der Waals surface area contributed by atoms with Gasteiger partial charge in [0.2, 0.25) is 5.88 Å². The maximum absolute atomic E-state index is 5.93. The van der Waals surface area contributed by atoms with Crippen molar-refractivity contribution in [1.29, 1.82) is 0 Å². The highest BCUT2D eigenvalue weighted by atomic mass is 16.5. The molecule has 5 heteroatoms. The molecule has 1 aromatic heterocycles. The zero-order valence-electron chi connectivity index (χ0n) is 14.2. The van der Waals surface area contributed by atoms with E-state index in [2.05, 4.69) is 21.8 Å². The Kier molecular flexibility index (Phi) is 4.38. The number of rotatable bonds is 4. The minimum Gasteiger partial charge on any atom is -0.476 e. The first kappa shape index (κ1) is 15.2. The van der Waals surface area contributed by atoms with E-state index in [1.807, 2.05) is 6.20 Å². The molecule has 23 heavy (non-hydrogen) atoms. The summed E-state index contributed by atoms with van der Waals surface area (Å²) in [6.07, 6.45) is 12.8. The van der Waals surface area contributed by atoms with Gasteiger partial charge in [0.05, 0.1) is 19.0 Å². The average molecular weight is 316 g/mol. The van der Waals surface area contributed by atoms with Crippen LogP contribution in [0, 0.1) is 5.92 Å². The van der Waals surface area contributed by atoms with Crippen molar-refractivity contribution in [3.05, 3.63) is 12.4 Å². The quantitative estimate of drug-likeness (QED) is 0.854. The number of anilines is 1. The molecule has 4 rings (SSSR count). The molecule has 3 aliphatic rings. The molecule has 0 radical (unpaired) electrons. The molecule has 0 amide bonds. The standard InChI is InChI=1S/C18H28N4O/c1-21-15-6-7-16(21)12-22(9-8-15)17-10-19-11-18(20-17)23-13-14-4-2-3-5-14/h10-11,14-16H,2-9,12-13H2,1H3. The molecular weight excluding hydrogens is 288 g/mol. The summed E-state index contributed by atoms with van der Waals surface area (Å²) in [4.78, 5) is 14.1. The highest BCUT2D eigenvalue weighted by molar-refractivity contribution is 5.38. The van der Waals surface area contributed by atoms with Gasteiger partial charge in [-0.25, -0.2) is 0 Å². The number of aromatic nitrogens is 2. The molecule has 2 unspecified atom stereocenters. The Labute approximate surface area is 139 Å². The minimum absolute atomic E-state index is 0.660. The molecule has 2 saturated heterocycles. The van der Waals surface area contributed by atoms with Crippen LogP contribution in [0.15, 0.2) is 12.4 Å². The monoisotopic (exact) mass is 316 g/mol. The van der Waals surface area contributed by atoms with E-state index in [1.165, 1.54) is 44.9 Å². The lowest BCUT2D eigenvalue weighted by atomic mass is 10.1. The number of hydrogen-bond donors (Lipinski definition) is 0. The summed E-state index contributed by atoms with van der Waals surface area (Å²) >= 11 is 0. The highest BCUT2D eigenvalue weighted by Gasteiger charge is 2.35. The van der Waals surface area contributed by atoms with Gasteiger partial charge in [0.25, 0.3) is 0 Å². The van der Waals surface area contributed by atoms with Gasteiger partial charge in [0.1, 0.15) is 0 Å². The smallest absolute Gasteiger partial charge is 0.234 e.